The van der Waals surface area contributed by atoms with Crippen molar-refractivity contribution in [3.05, 3.63) is 129 Å². The predicted molar refractivity (Wildman–Crippen MR) is 166 cm³/mol. The van der Waals surface area contributed by atoms with E-state index in [0.717, 1.165) is 30.5 Å². The third-order valence-corrected chi connectivity index (χ3v) is 7.86. The van der Waals surface area contributed by atoms with E-state index in [9.17, 15) is 9.59 Å². The molecule has 218 valence electrons. The lowest BCUT2D eigenvalue weighted by atomic mass is 9.83. The number of benzene rings is 4. The number of carbonyl (C=O) groups excluding carboxylic acids is 1. The van der Waals surface area contributed by atoms with E-state index >= 15 is 0 Å². The summed E-state index contributed by atoms with van der Waals surface area (Å²) in [5, 5.41) is 10.4. The molecule has 6 nitrogen and oxygen atoms in total. The zero-order chi connectivity index (χ0) is 30.1. The van der Waals surface area contributed by atoms with Gasteiger partial charge in [0.25, 0.3) is 0 Å². The topological polar surface area (TPSA) is 76.1 Å². The molecule has 1 N–H and O–H groups in total. The number of hydrogen-bond acceptors (Lipinski definition) is 5. The van der Waals surface area contributed by atoms with Crippen LogP contribution in [-0.2, 0) is 16.8 Å². The number of Topliss-reactive ketones (excluding diaryl/α,β-unsaturated/α-hetero) is 1. The van der Waals surface area contributed by atoms with E-state index in [2.05, 4.69) is 43.1 Å². The van der Waals surface area contributed by atoms with Crippen LogP contribution in [0.25, 0.3) is 0 Å². The number of hydrogen-bond donors (Lipinski definition) is 1. The Morgan fingerprint density at radius 1 is 0.738 bits per heavy atom. The number of ether oxygens (including phenoxy) is 2. The van der Waals surface area contributed by atoms with E-state index in [0.29, 0.717) is 21.5 Å². The summed E-state index contributed by atoms with van der Waals surface area (Å²) < 4.78 is 11.1. The van der Waals surface area contributed by atoms with Crippen LogP contribution < -0.4 is 9.47 Å². The molecule has 0 amide bonds. The minimum Gasteiger partial charge on any atom is -0.486 e. The molecule has 0 aliphatic heterocycles. The van der Waals surface area contributed by atoms with Gasteiger partial charge in [-0.25, -0.2) is 4.79 Å². The van der Waals surface area contributed by atoms with Crippen LogP contribution in [0.1, 0.15) is 40.4 Å². The molecule has 4 aromatic carbocycles. The van der Waals surface area contributed by atoms with Gasteiger partial charge in [0.1, 0.15) is 24.7 Å². The Hall–Kier alpha value is -3.84. The van der Waals surface area contributed by atoms with E-state index in [-0.39, 0.29) is 30.1 Å². The number of aromatic carboxylic acids is 1. The maximum Gasteiger partial charge on any atom is 0.335 e. The fraction of sp³-hybridized carbons (Fsp3) is 0.235. The second kappa shape index (κ2) is 14.4. The first kappa shape index (κ1) is 31.1. The second-order valence-corrected chi connectivity index (χ2v) is 11.1. The van der Waals surface area contributed by atoms with Crippen molar-refractivity contribution < 1.29 is 24.2 Å². The Kier molecular flexibility index (Phi) is 10.6. The number of halogens is 2. The summed E-state index contributed by atoms with van der Waals surface area (Å²) >= 11 is 12.4. The lowest BCUT2D eigenvalue weighted by molar-refractivity contribution is -0.123. The molecule has 0 bridgehead atoms. The van der Waals surface area contributed by atoms with Gasteiger partial charge in [-0.05, 0) is 111 Å². The second-order valence-electron chi connectivity index (χ2n) is 10.2. The third kappa shape index (κ3) is 8.13. The molecule has 0 radical (unpaired) electrons. The van der Waals surface area contributed by atoms with Gasteiger partial charge in [-0.3, -0.25) is 9.69 Å². The summed E-state index contributed by atoms with van der Waals surface area (Å²) in [7, 11) is 2.13. The van der Waals surface area contributed by atoms with Crippen molar-refractivity contribution in [3.8, 4) is 11.5 Å². The SMILES string of the molecule is CN(CCCc1ccc(OCC(=O)COc2ccc(C(=O)O)cc2)cc1)C(C)(c1ccc(Cl)cc1)c1ccc(Cl)cc1. The van der Waals surface area contributed by atoms with Gasteiger partial charge in [0.15, 0.2) is 0 Å². The number of carboxylic acid groups (broad SMARTS) is 1. The fourth-order valence-electron chi connectivity index (χ4n) is 4.72. The minimum absolute atomic E-state index is 0.120. The molecule has 42 heavy (non-hydrogen) atoms. The third-order valence-electron chi connectivity index (χ3n) is 7.36. The number of carbonyl (C=O) groups is 2. The van der Waals surface area contributed by atoms with Gasteiger partial charge < -0.3 is 14.6 Å². The molecular weight excluding hydrogens is 573 g/mol. The monoisotopic (exact) mass is 605 g/mol. The van der Waals surface area contributed by atoms with E-state index in [1.54, 1.807) is 0 Å². The van der Waals surface area contributed by atoms with Crippen molar-refractivity contribution in [2.24, 2.45) is 0 Å². The molecule has 0 unspecified atom stereocenters. The van der Waals surface area contributed by atoms with Crippen molar-refractivity contribution in [2.45, 2.75) is 25.3 Å². The van der Waals surface area contributed by atoms with E-state index in [4.69, 9.17) is 37.8 Å². The predicted octanol–water partition coefficient (Wildman–Crippen LogP) is 7.55. The lowest BCUT2D eigenvalue weighted by Crippen LogP contribution is -2.42. The van der Waals surface area contributed by atoms with Crippen molar-refractivity contribution >= 4 is 35.0 Å². The Morgan fingerprint density at radius 3 is 1.64 bits per heavy atom. The zero-order valence-electron chi connectivity index (χ0n) is 23.6. The average Bonchev–Trinajstić information content (AvgIpc) is 3.00. The van der Waals surface area contributed by atoms with Crippen molar-refractivity contribution in [3.63, 3.8) is 0 Å². The summed E-state index contributed by atoms with van der Waals surface area (Å²) in [5.41, 5.74) is 3.26. The van der Waals surface area contributed by atoms with Crippen LogP contribution in [0.4, 0.5) is 0 Å². The van der Waals surface area contributed by atoms with Crippen LogP contribution in [-0.4, -0.2) is 48.6 Å². The van der Waals surface area contributed by atoms with E-state index < -0.39 is 5.97 Å². The Balaban J connectivity index is 1.27. The number of aryl methyl sites for hydroxylation is 1. The first-order valence-corrected chi connectivity index (χ1v) is 14.3. The molecule has 0 saturated heterocycles. The standard InChI is InChI=1S/C34H33Cl2NO5/c1-34(26-9-13-28(35)14-10-26,27-11-15-29(36)16-12-27)37(2)21-3-4-24-5-17-31(18-6-24)41-22-30(38)23-42-32-19-7-25(8-20-32)33(39)40/h5-20H,3-4,21-23H2,1-2H3,(H,39,40). The number of carboxylic acids is 1. The molecule has 0 spiro atoms. The van der Waals surface area contributed by atoms with Crippen LogP contribution >= 0.6 is 23.2 Å². The number of ketones is 1. The van der Waals surface area contributed by atoms with Gasteiger partial charge in [-0.15, -0.1) is 0 Å². The average molecular weight is 607 g/mol. The Morgan fingerprint density at radius 2 is 1.19 bits per heavy atom. The van der Waals surface area contributed by atoms with Crippen LogP contribution in [0.15, 0.2) is 97.1 Å². The molecule has 0 heterocycles. The van der Waals surface area contributed by atoms with Gasteiger partial charge in [0.2, 0.25) is 5.78 Å². The van der Waals surface area contributed by atoms with Crippen LogP contribution in [0.3, 0.4) is 0 Å². The summed E-state index contributed by atoms with van der Waals surface area (Å²) in [6, 6.07) is 29.6. The highest BCUT2D eigenvalue weighted by Gasteiger charge is 2.33. The van der Waals surface area contributed by atoms with Gasteiger partial charge in [0, 0.05) is 10.0 Å². The molecule has 0 aromatic heterocycles. The fourth-order valence-corrected chi connectivity index (χ4v) is 4.97. The quantitative estimate of drug-likeness (QED) is 0.160. The van der Waals surface area contributed by atoms with Gasteiger partial charge in [0.05, 0.1) is 11.1 Å². The van der Waals surface area contributed by atoms with Crippen molar-refractivity contribution in [1.82, 2.24) is 4.90 Å². The summed E-state index contributed by atoms with van der Waals surface area (Å²) in [6.07, 6.45) is 1.83. The van der Waals surface area contributed by atoms with Crippen molar-refractivity contribution in [2.75, 3.05) is 26.8 Å². The highest BCUT2D eigenvalue weighted by molar-refractivity contribution is 6.30. The first-order valence-electron chi connectivity index (χ1n) is 13.6. The molecular formula is C34H33Cl2NO5. The summed E-state index contributed by atoms with van der Waals surface area (Å²) in [5.74, 6) is -0.220. The van der Waals surface area contributed by atoms with Crippen molar-refractivity contribution in [1.29, 1.82) is 0 Å². The van der Waals surface area contributed by atoms with Gasteiger partial charge in [-0.2, -0.15) is 0 Å². The number of rotatable bonds is 14. The molecule has 0 aliphatic rings. The Bertz CT molecular complexity index is 1430. The van der Waals surface area contributed by atoms with Crippen LogP contribution in [0.2, 0.25) is 10.0 Å². The molecule has 0 aliphatic carbocycles. The zero-order valence-corrected chi connectivity index (χ0v) is 25.1. The maximum absolute atomic E-state index is 12.2. The molecule has 4 rings (SSSR count). The summed E-state index contributed by atoms with van der Waals surface area (Å²) in [6.45, 7) is 2.79. The molecule has 0 fully saturated rings. The van der Waals surface area contributed by atoms with Gasteiger partial charge in [-0.1, -0.05) is 59.6 Å². The highest BCUT2D eigenvalue weighted by Crippen LogP contribution is 2.36. The smallest absolute Gasteiger partial charge is 0.335 e. The van der Waals surface area contributed by atoms with E-state index in [1.165, 1.54) is 29.8 Å². The first-order chi connectivity index (χ1) is 20.1. The van der Waals surface area contributed by atoms with E-state index in [1.807, 2.05) is 48.5 Å². The van der Waals surface area contributed by atoms with Crippen LogP contribution in [0.5, 0.6) is 11.5 Å². The lowest BCUT2D eigenvalue weighted by Gasteiger charge is -2.40. The summed E-state index contributed by atoms with van der Waals surface area (Å²) in [4.78, 5) is 25.5. The minimum atomic E-state index is -1.02. The number of nitrogens with zero attached hydrogens (tertiary/aromatic N) is 1. The van der Waals surface area contributed by atoms with Crippen LogP contribution in [0, 0.1) is 0 Å². The maximum atomic E-state index is 12.2. The Labute approximate surface area is 256 Å². The van der Waals surface area contributed by atoms with Gasteiger partial charge >= 0.3 is 5.97 Å². The molecule has 0 atom stereocenters. The molecule has 8 heteroatoms. The normalized spacial score (nSPS) is 11.4. The highest BCUT2D eigenvalue weighted by atomic mass is 35.5. The molecule has 4 aromatic rings. The molecule has 0 saturated carbocycles. The largest absolute Gasteiger partial charge is 0.486 e.